The zero-order chi connectivity index (χ0) is 14.6. The molecule has 20 heavy (non-hydrogen) atoms. The highest BCUT2D eigenvalue weighted by Crippen LogP contribution is 2.29. The van der Waals surface area contributed by atoms with Gasteiger partial charge in [-0.2, -0.15) is 0 Å². The van der Waals surface area contributed by atoms with Crippen molar-refractivity contribution in [2.24, 2.45) is 0 Å². The summed E-state index contributed by atoms with van der Waals surface area (Å²) in [5.41, 5.74) is 0.980. The minimum atomic E-state index is -0.377. The second-order valence-corrected chi connectivity index (χ2v) is 7.12. The van der Waals surface area contributed by atoms with Gasteiger partial charge >= 0.3 is 6.09 Å². The number of amides is 1. The molecule has 1 aromatic rings. The van der Waals surface area contributed by atoms with Crippen molar-refractivity contribution in [3.05, 3.63) is 10.6 Å². The lowest BCUT2D eigenvalue weighted by Crippen LogP contribution is -2.41. The lowest BCUT2D eigenvalue weighted by molar-refractivity contribution is 0.142. The van der Waals surface area contributed by atoms with E-state index < -0.39 is 0 Å². The van der Waals surface area contributed by atoms with E-state index in [0.29, 0.717) is 13.2 Å². The van der Waals surface area contributed by atoms with Crippen LogP contribution in [0.1, 0.15) is 44.2 Å². The Morgan fingerprint density at radius 2 is 2.10 bits per heavy atom. The molecule has 0 radical (unpaired) electrons. The average molecular weight is 297 g/mol. The first-order valence-corrected chi connectivity index (χ1v) is 7.93. The largest absolute Gasteiger partial charge is 0.448 e. The van der Waals surface area contributed by atoms with Gasteiger partial charge in [-0.1, -0.05) is 0 Å². The Morgan fingerprint density at radius 3 is 2.80 bits per heavy atom. The zero-order valence-electron chi connectivity index (χ0n) is 12.4. The molecule has 0 aliphatic heterocycles. The van der Waals surface area contributed by atoms with Crippen molar-refractivity contribution < 1.29 is 9.53 Å². The Labute approximate surface area is 124 Å². The fraction of sp³-hybridized carbons (Fsp3) is 0.714. The van der Waals surface area contributed by atoms with Crippen molar-refractivity contribution in [1.82, 2.24) is 10.3 Å². The number of aromatic nitrogens is 1. The molecule has 0 spiro atoms. The highest BCUT2D eigenvalue weighted by Gasteiger charge is 2.16. The molecule has 1 amide bonds. The van der Waals surface area contributed by atoms with Gasteiger partial charge in [-0.25, -0.2) is 9.78 Å². The smallest absolute Gasteiger partial charge is 0.407 e. The van der Waals surface area contributed by atoms with Crippen molar-refractivity contribution in [1.29, 1.82) is 0 Å². The molecule has 0 atom stereocenters. The second-order valence-electron chi connectivity index (χ2n) is 6.03. The first kappa shape index (κ1) is 15.1. The van der Waals surface area contributed by atoms with E-state index in [1.807, 2.05) is 20.8 Å². The van der Waals surface area contributed by atoms with Crippen molar-refractivity contribution in [3.8, 4) is 0 Å². The Morgan fingerprint density at radius 1 is 1.35 bits per heavy atom. The molecule has 1 aliphatic rings. The lowest BCUT2D eigenvalue weighted by Gasteiger charge is -2.19. The normalized spacial score (nSPS) is 14.6. The van der Waals surface area contributed by atoms with E-state index in [2.05, 4.69) is 15.6 Å². The Balaban J connectivity index is 1.68. The molecule has 0 fully saturated rings. The summed E-state index contributed by atoms with van der Waals surface area (Å²) in [4.78, 5) is 17.4. The average Bonchev–Trinajstić information content (AvgIpc) is 2.75. The third-order valence-electron chi connectivity index (χ3n) is 2.93. The molecular formula is C14H23N3O2S. The Kier molecular flexibility index (Phi) is 4.86. The standard InChI is InChI=1S/C14H23N3O2S/c1-14(2,3)17-13(18)19-9-8-15-12-16-10-6-4-5-7-11(10)20-12/h4-9H2,1-3H3,(H,15,16)(H,17,18). The summed E-state index contributed by atoms with van der Waals surface area (Å²) in [7, 11) is 0. The second kappa shape index (κ2) is 6.43. The molecule has 0 saturated heterocycles. The van der Waals surface area contributed by atoms with Gasteiger partial charge in [0.15, 0.2) is 5.13 Å². The zero-order valence-corrected chi connectivity index (χ0v) is 13.2. The van der Waals surface area contributed by atoms with Gasteiger partial charge in [0, 0.05) is 10.4 Å². The summed E-state index contributed by atoms with van der Waals surface area (Å²) >= 11 is 1.73. The molecule has 5 nitrogen and oxygen atoms in total. The predicted octanol–water partition coefficient (Wildman–Crippen LogP) is 2.96. The van der Waals surface area contributed by atoms with Crippen molar-refractivity contribution in [2.45, 2.75) is 52.0 Å². The molecule has 1 aromatic heterocycles. The third kappa shape index (κ3) is 4.67. The van der Waals surface area contributed by atoms with E-state index in [0.717, 1.165) is 18.0 Å². The van der Waals surface area contributed by atoms with Crippen LogP contribution in [0.15, 0.2) is 0 Å². The summed E-state index contributed by atoms with van der Waals surface area (Å²) in [5, 5.41) is 6.92. The summed E-state index contributed by atoms with van der Waals surface area (Å²) in [6.07, 6.45) is 4.38. The van der Waals surface area contributed by atoms with Crippen LogP contribution in [0, 0.1) is 0 Å². The number of hydrogen-bond acceptors (Lipinski definition) is 5. The monoisotopic (exact) mass is 297 g/mol. The van der Waals surface area contributed by atoms with Gasteiger partial charge in [0.2, 0.25) is 0 Å². The van der Waals surface area contributed by atoms with Crippen LogP contribution >= 0.6 is 11.3 Å². The number of aryl methyl sites for hydroxylation is 2. The topological polar surface area (TPSA) is 63.2 Å². The number of hydrogen-bond donors (Lipinski definition) is 2. The summed E-state index contributed by atoms with van der Waals surface area (Å²) in [6, 6.07) is 0. The van der Waals surface area contributed by atoms with Gasteiger partial charge in [-0.05, 0) is 46.5 Å². The summed E-state index contributed by atoms with van der Waals surface area (Å²) in [6.45, 7) is 6.70. The van der Waals surface area contributed by atoms with Gasteiger partial charge in [-0.15, -0.1) is 11.3 Å². The number of alkyl carbamates (subject to hydrolysis) is 1. The number of carbonyl (C=O) groups excluding carboxylic acids is 1. The molecule has 6 heteroatoms. The number of carbonyl (C=O) groups is 1. The van der Waals surface area contributed by atoms with E-state index >= 15 is 0 Å². The molecule has 2 rings (SSSR count). The molecule has 2 N–H and O–H groups in total. The molecule has 1 heterocycles. The van der Waals surface area contributed by atoms with Crippen LogP contribution < -0.4 is 10.6 Å². The molecule has 1 aliphatic carbocycles. The van der Waals surface area contributed by atoms with Gasteiger partial charge in [0.05, 0.1) is 12.2 Å². The lowest BCUT2D eigenvalue weighted by atomic mass is 10.0. The number of ether oxygens (including phenoxy) is 1. The maximum absolute atomic E-state index is 11.5. The molecule has 0 bridgehead atoms. The number of anilines is 1. The highest BCUT2D eigenvalue weighted by molar-refractivity contribution is 7.15. The third-order valence-corrected chi connectivity index (χ3v) is 4.05. The SMILES string of the molecule is CC(C)(C)NC(=O)OCCNc1nc2c(s1)CCCC2. The number of nitrogens with one attached hydrogen (secondary N) is 2. The fourth-order valence-corrected chi connectivity index (χ4v) is 3.15. The van der Waals surface area contributed by atoms with Crippen LogP contribution in [0.3, 0.4) is 0 Å². The van der Waals surface area contributed by atoms with Crippen molar-refractivity contribution in [2.75, 3.05) is 18.5 Å². The van der Waals surface area contributed by atoms with Crippen LogP contribution in [-0.4, -0.2) is 29.8 Å². The van der Waals surface area contributed by atoms with Crippen LogP contribution in [0.5, 0.6) is 0 Å². The summed E-state index contributed by atoms with van der Waals surface area (Å²) in [5.74, 6) is 0. The van der Waals surface area contributed by atoms with Gasteiger partial charge < -0.3 is 15.4 Å². The Hall–Kier alpha value is -1.30. The van der Waals surface area contributed by atoms with E-state index in [4.69, 9.17) is 4.74 Å². The van der Waals surface area contributed by atoms with Crippen LogP contribution in [0.25, 0.3) is 0 Å². The maximum Gasteiger partial charge on any atom is 0.407 e. The molecule has 0 saturated carbocycles. The fourth-order valence-electron chi connectivity index (χ4n) is 2.07. The molecule has 0 unspecified atom stereocenters. The molecule has 112 valence electrons. The van der Waals surface area contributed by atoms with E-state index in [1.54, 1.807) is 11.3 Å². The predicted molar refractivity (Wildman–Crippen MR) is 81.5 cm³/mol. The minimum absolute atomic E-state index is 0.265. The van der Waals surface area contributed by atoms with E-state index in [-0.39, 0.29) is 11.6 Å². The number of thiazole rings is 1. The Bertz CT molecular complexity index is 442. The van der Waals surface area contributed by atoms with Crippen molar-refractivity contribution in [3.63, 3.8) is 0 Å². The van der Waals surface area contributed by atoms with Gasteiger partial charge in [-0.3, -0.25) is 0 Å². The van der Waals surface area contributed by atoms with Crippen LogP contribution in [0.2, 0.25) is 0 Å². The first-order valence-electron chi connectivity index (χ1n) is 7.11. The molecule has 0 aromatic carbocycles. The van der Waals surface area contributed by atoms with Crippen LogP contribution in [0.4, 0.5) is 9.93 Å². The summed E-state index contributed by atoms with van der Waals surface area (Å²) < 4.78 is 5.11. The highest BCUT2D eigenvalue weighted by atomic mass is 32.1. The van der Waals surface area contributed by atoms with Crippen molar-refractivity contribution >= 4 is 22.6 Å². The minimum Gasteiger partial charge on any atom is -0.448 e. The molecular weight excluding hydrogens is 274 g/mol. The number of rotatable bonds is 4. The quantitative estimate of drug-likeness (QED) is 0.839. The van der Waals surface area contributed by atoms with E-state index in [1.165, 1.54) is 23.4 Å². The first-order chi connectivity index (χ1) is 9.44. The number of nitrogens with zero attached hydrogens (tertiary/aromatic N) is 1. The van der Waals surface area contributed by atoms with E-state index in [9.17, 15) is 4.79 Å². The number of fused-ring (bicyclic) bond motifs is 1. The van der Waals surface area contributed by atoms with Gasteiger partial charge in [0.1, 0.15) is 6.61 Å². The van der Waals surface area contributed by atoms with Gasteiger partial charge in [0.25, 0.3) is 0 Å². The van der Waals surface area contributed by atoms with Crippen LogP contribution in [-0.2, 0) is 17.6 Å². The maximum atomic E-state index is 11.5.